The number of nitrogen functional groups attached to an aromatic ring is 1. The van der Waals surface area contributed by atoms with Gasteiger partial charge in [-0.1, -0.05) is 38.1 Å². The van der Waals surface area contributed by atoms with Crippen molar-refractivity contribution in [1.82, 2.24) is 10.6 Å². The molecule has 28 heavy (non-hydrogen) atoms. The molecule has 2 aromatic carbocycles. The highest BCUT2D eigenvalue weighted by Crippen LogP contribution is 2.21. The zero-order valence-electron chi connectivity index (χ0n) is 16.1. The van der Waals surface area contributed by atoms with E-state index < -0.39 is 0 Å². The number of carbonyl (C=O) groups is 1. The zero-order valence-corrected chi connectivity index (χ0v) is 16.1. The third kappa shape index (κ3) is 5.19. The first-order valence-corrected chi connectivity index (χ1v) is 9.34. The molecule has 1 aliphatic rings. The van der Waals surface area contributed by atoms with Gasteiger partial charge in [0.05, 0.1) is 17.8 Å². The van der Waals surface area contributed by atoms with Gasteiger partial charge in [0.1, 0.15) is 12.0 Å². The van der Waals surface area contributed by atoms with E-state index in [-0.39, 0.29) is 24.3 Å². The highest BCUT2D eigenvalue weighted by molar-refractivity contribution is 5.98. The molecule has 146 valence electrons. The number of nitrogens with zero attached hydrogens (tertiary/aromatic N) is 1. The summed E-state index contributed by atoms with van der Waals surface area (Å²) in [7, 11) is 0. The van der Waals surface area contributed by atoms with Gasteiger partial charge in [-0.15, -0.1) is 0 Å². The zero-order chi connectivity index (χ0) is 20.1. The number of nitrogens with one attached hydrogen (secondary N) is 2. The number of aliphatic imine (C=N–C) groups is 1. The van der Waals surface area contributed by atoms with Crippen molar-refractivity contribution in [3.63, 3.8) is 0 Å². The van der Waals surface area contributed by atoms with Gasteiger partial charge in [-0.25, -0.2) is 4.39 Å². The topological polar surface area (TPSA) is 79.5 Å². The van der Waals surface area contributed by atoms with Crippen LogP contribution in [0.4, 0.5) is 10.1 Å². The monoisotopic (exact) mass is 380 g/mol. The van der Waals surface area contributed by atoms with Gasteiger partial charge in [0.25, 0.3) is 0 Å². The molecule has 3 rings (SSSR count). The van der Waals surface area contributed by atoms with Crippen LogP contribution < -0.4 is 16.4 Å². The maximum atomic E-state index is 13.0. The maximum absolute atomic E-state index is 13.0. The van der Waals surface area contributed by atoms with Crippen LogP contribution in [0.15, 0.2) is 59.7 Å². The molecular formula is C22H25FN4O. The first-order chi connectivity index (χ1) is 13.4. The quantitative estimate of drug-likeness (QED) is 0.671. The van der Waals surface area contributed by atoms with E-state index in [2.05, 4.69) is 24.5 Å². The Morgan fingerprint density at radius 3 is 2.50 bits per heavy atom. The summed E-state index contributed by atoms with van der Waals surface area (Å²) >= 11 is 0. The van der Waals surface area contributed by atoms with Crippen molar-refractivity contribution in [2.75, 3.05) is 5.73 Å². The highest BCUT2D eigenvalue weighted by Gasteiger charge is 2.22. The third-order valence-corrected chi connectivity index (χ3v) is 4.39. The predicted molar refractivity (Wildman–Crippen MR) is 111 cm³/mol. The summed E-state index contributed by atoms with van der Waals surface area (Å²) in [6.45, 7) is 4.22. The fraction of sp³-hybridized carbons (Fsp3) is 0.273. The van der Waals surface area contributed by atoms with Crippen LogP contribution in [0.5, 0.6) is 0 Å². The summed E-state index contributed by atoms with van der Waals surface area (Å²) in [6, 6.07) is 13.5. The van der Waals surface area contributed by atoms with Crippen molar-refractivity contribution in [2.24, 2.45) is 10.9 Å². The van der Waals surface area contributed by atoms with Crippen molar-refractivity contribution in [3.8, 4) is 0 Å². The lowest BCUT2D eigenvalue weighted by Crippen LogP contribution is -2.51. The van der Waals surface area contributed by atoms with Gasteiger partial charge >= 0.3 is 0 Å². The lowest BCUT2D eigenvalue weighted by molar-refractivity contribution is -0.120. The van der Waals surface area contributed by atoms with Gasteiger partial charge in [-0.05, 0) is 42.2 Å². The number of nitrogens with two attached hydrogens (primary N) is 1. The molecule has 0 aliphatic carbocycles. The molecule has 0 bridgehead atoms. The Morgan fingerprint density at radius 1 is 1.18 bits per heavy atom. The van der Waals surface area contributed by atoms with Crippen molar-refractivity contribution in [3.05, 3.63) is 71.7 Å². The fourth-order valence-electron chi connectivity index (χ4n) is 3.02. The molecule has 0 spiro atoms. The fourth-order valence-corrected chi connectivity index (χ4v) is 3.02. The summed E-state index contributed by atoms with van der Waals surface area (Å²) in [5, 5.41) is 6.23. The van der Waals surface area contributed by atoms with Crippen molar-refractivity contribution in [1.29, 1.82) is 0 Å². The van der Waals surface area contributed by atoms with Gasteiger partial charge < -0.3 is 16.4 Å². The summed E-state index contributed by atoms with van der Waals surface area (Å²) in [6.07, 6.45) is 2.37. The minimum Gasteiger partial charge on any atom is -0.399 e. The molecule has 1 aliphatic heterocycles. The largest absolute Gasteiger partial charge is 0.399 e. The van der Waals surface area contributed by atoms with Crippen LogP contribution in [0, 0.1) is 11.7 Å². The number of hydrogen-bond acceptors (Lipinski definition) is 4. The van der Waals surface area contributed by atoms with E-state index in [0.29, 0.717) is 11.6 Å². The molecular weight excluding hydrogens is 355 g/mol. The molecule has 1 heterocycles. The minimum absolute atomic E-state index is 0.148. The second-order valence-corrected chi connectivity index (χ2v) is 7.32. The van der Waals surface area contributed by atoms with Crippen LogP contribution >= 0.6 is 0 Å². The Labute approximate surface area is 164 Å². The second-order valence-electron chi connectivity index (χ2n) is 7.32. The first-order valence-electron chi connectivity index (χ1n) is 9.34. The molecule has 0 saturated heterocycles. The molecule has 1 unspecified atom stereocenters. The number of benzene rings is 2. The molecule has 0 fully saturated rings. The van der Waals surface area contributed by atoms with E-state index in [1.54, 1.807) is 18.3 Å². The summed E-state index contributed by atoms with van der Waals surface area (Å²) in [5.41, 5.74) is 9.85. The van der Waals surface area contributed by atoms with E-state index in [1.165, 1.54) is 12.1 Å². The Balaban J connectivity index is 1.72. The van der Waals surface area contributed by atoms with Crippen LogP contribution in [-0.4, -0.2) is 17.8 Å². The van der Waals surface area contributed by atoms with Gasteiger partial charge in [-0.2, -0.15) is 0 Å². The van der Waals surface area contributed by atoms with Gasteiger partial charge in [0, 0.05) is 17.5 Å². The Hall–Kier alpha value is -3.15. The molecule has 4 N–H and O–H groups in total. The van der Waals surface area contributed by atoms with Crippen LogP contribution in [0.25, 0.3) is 5.70 Å². The van der Waals surface area contributed by atoms with E-state index >= 15 is 0 Å². The summed E-state index contributed by atoms with van der Waals surface area (Å²) in [4.78, 5) is 17.2. The Kier molecular flexibility index (Phi) is 6.09. The van der Waals surface area contributed by atoms with Gasteiger partial charge in [0.2, 0.25) is 5.91 Å². The van der Waals surface area contributed by atoms with Crippen molar-refractivity contribution >= 4 is 23.0 Å². The van der Waals surface area contributed by atoms with Crippen LogP contribution in [0.1, 0.15) is 31.4 Å². The summed E-state index contributed by atoms with van der Waals surface area (Å²) < 4.78 is 13.0. The van der Waals surface area contributed by atoms with Gasteiger partial charge in [-0.3, -0.25) is 9.79 Å². The molecule has 5 nitrogen and oxygen atoms in total. The lowest BCUT2D eigenvalue weighted by Gasteiger charge is -2.26. The van der Waals surface area contributed by atoms with E-state index in [4.69, 9.17) is 10.7 Å². The van der Waals surface area contributed by atoms with Crippen LogP contribution in [-0.2, 0) is 11.2 Å². The smallest absolute Gasteiger partial charge is 0.226 e. The third-order valence-electron chi connectivity index (χ3n) is 4.39. The average Bonchev–Trinajstić information content (AvgIpc) is 2.65. The predicted octanol–water partition coefficient (Wildman–Crippen LogP) is 3.48. The second kappa shape index (κ2) is 8.69. The molecule has 6 heteroatoms. The number of hydrogen-bond donors (Lipinski definition) is 3. The summed E-state index contributed by atoms with van der Waals surface area (Å²) in [5.74, 6) is -0.0717. The molecule has 0 saturated carbocycles. The number of rotatable bonds is 6. The maximum Gasteiger partial charge on any atom is 0.226 e. The number of carbonyl (C=O) groups excluding carboxylic acids is 1. The molecule has 2 aromatic rings. The van der Waals surface area contributed by atoms with Gasteiger partial charge in [0.15, 0.2) is 0 Å². The lowest BCUT2D eigenvalue weighted by atomic mass is 10.0. The number of amides is 1. The molecule has 1 atom stereocenters. The van der Waals surface area contributed by atoms with E-state index in [9.17, 15) is 9.18 Å². The van der Waals surface area contributed by atoms with Crippen LogP contribution in [0.2, 0.25) is 0 Å². The standard InChI is InChI=1S/C22H25FN4O/c1-14(2)11-19-22(27-21(28)12-15-3-7-17(23)8-4-15)25-13-20(26-19)16-5-9-18(24)10-6-16/h3-10,13-14,22,25H,11-12,24H2,1-2H3,(H,27,28). The first kappa shape index (κ1) is 19.6. The minimum atomic E-state index is -0.368. The normalized spacial score (nSPS) is 16.2. The highest BCUT2D eigenvalue weighted by atomic mass is 19.1. The molecule has 1 amide bonds. The van der Waals surface area contributed by atoms with Crippen molar-refractivity contribution < 1.29 is 9.18 Å². The van der Waals surface area contributed by atoms with E-state index in [1.807, 2.05) is 24.3 Å². The van der Waals surface area contributed by atoms with Crippen LogP contribution in [0.3, 0.4) is 0 Å². The molecule has 0 aromatic heterocycles. The van der Waals surface area contributed by atoms with E-state index in [0.717, 1.165) is 29.0 Å². The Morgan fingerprint density at radius 2 is 1.86 bits per heavy atom. The van der Waals surface area contributed by atoms with Crippen molar-refractivity contribution in [2.45, 2.75) is 32.9 Å². The Bertz CT molecular complexity index is 886. The number of anilines is 1. The average molecular weight is 380 g/mol. The SMILES string of the molecule is CC(C)CC1=NC(c2ccc(N)cc2)=CNC1NC(=O)Cc1ccc(F)cc1. The number of halogens is 1. The molecule has 0 radical (unpaired) electrons.